The van der Waals surface area contributed by atoms with Crippen LogP contribution in [0.2, 0.25) is 0 Å². The number of nitrogen functional groups attached to an aromatic ring is 2. The van der Waals surface area contributed by atoms with Gasteiger partial charge in [0.15, 0.2) is 35.0 Å². The van der Waals surface area contributed by atoms with Crippen LogP contribution < -0.4 is 17.0 Å². The van der Waals surface area contributed by atoms with Crippen molar-refractivity contribution in [1.82, 2.24) is 39.5 Å². The second-order valence-corrected chi connectivity index (χ2v) is 10.9. The van der Waals surface area contributed by atoms with E-state index in [1.807, 2.05) is 0 Å². The number of nitrogens with one attached hydrogen (secondary N) is 1. The molecule has 6 heterocycles. The molecule has 0 saturated carbocycles. The van der Waals surface area contributed by atoms with Gasteiger partial charge in [0.2, 0.25) is 5.95 Å². The van der Waals surface area contributed by atoms with Gasteiger partial charge in [0.1, 0.15) is 36.6 Å². The molecular weight excluding hydrogens is 587 g/mol. The maximum absolute atomic E-state index is 13.0. The Hall–Kier alpha value is -3.63. The number of phosphoric ester groups is 1. The second kappa shape index (κ2) is 10.6. The lowest BCUT2D eigenvalue weighted by Crippen LogP contribution is -2.36. The molecule has 21 nitrogen and oxygen atoms in total. The molecule has 2 fully saturated rings. The van der Waals surface area contributed by atoms with Gasteiger partial charge in [0.25, 0.3) is 5.56 Å². The van der Waals surface area contributed by atoms with E-state index in [4.69, 9.17) is 30.0 Å². The summed E-state index contributed by atoms with van der Waals surface area (Å²) >= 11 is 0. The molecule has 4 aromatic heterocycles. The first-order chi connectivity index (χ1) is 20.0. The minimum Gasteiger partial charge on any atom is -0.394 e. The Bertz CT molecular complexity index is 1730. The van der Waals surface area contributed by atoms with Crippen molar-refractivity contribution in [3.05, 3.63) is 28.9 Å². The first kappa shape index (κ1) is 28.5. The van der Waals surface area contributed by atoms with Gasteiger partial charge in [-0.05, 0) is 6.07 Å². The SMILES string of the molecule is Nc1nc2c(ncn2[C@@H]2O[C@H](CO)[C@@H](O)[C@H]2OP(=O)(O)OC[C@H]2O[C@@H](n3nnc4c(N)nccc43)[C@H](O)[C@@H]2O)c(=O)[nH]1. The molecule has 4 aromatic rings. The number of H-pyrrole nitrogens is 1. The Balaban J connectivity index is 1.19. The van der Waals surface area contributed by atoms with Crippen molar-refractivity contribution < 1.29 is 48.4 Å². The van der Waals surface area contributed by atoms with Gasteiger partial charge in [-0.1, -0.05) is 5.21 Å². The number of pyridine rings is 1. The highest BCUT2D eigenvalue weighted by Gasteiger charge is 2.50. The summed E-state index contributed by atoms with van der Waals surface area (Å²) < 4.78 is 36.9. The first-order valence-electron chi connectivity index (χ1n) is 12.3. The molecule has 22 heteroatoms. The smallest absolute Gasteiger partial charge is 0.394 e. The van der Waals surface area contributed by atoms with Gasteiger partial charge >= 0.3 is 7.82 Å². The van der Waals surface area contributed by atoms with Crippen LogP contribution in [0.25, 0.3) is 22.2 Å². The highest BCUT2D eigenvalue weighted by molar-refractivity contribution is 7.47. The van der Waals surface area contributed by atoms with Crippen LogP contribution in [0.15, 0.2) is 23.4 Å². The Kier molecular flexibility index (Phi) is 7.17. The van der Waals surface area contributed by atoms with E-state index < -0.39 is 75.7 Å². The summed E-state index contributed by atoms with van der Waals surface area (Å²) in [6.07, 6.45) is -9.22. The number of ether oxygens (including phenoxy) is 2. The average Bonchev–Trinajstić information content (AvgIpc) is 3.69. The van der Waals surface area contributed by atoms with Crippen molar-refractivity contribution in [2.24, 2.45) is 0 Å². The lowest BCUT2D eigenvalue weighted by Gasteiger charge is -2.24. The van der Waals surface area contributed by atoms with Crippen molar-refractivity contribution in [2.75, 3.05) is 24.7 Å². The molecule has 10 N–H and O–H groups in total. The number of fused-ring (bicyclic) bond motifs is 2. The summed E-state index contributed by atoms with van der Waals surface area (Å²) in [5.74, 6) is -0.172. The van der Waals surface area contributed by atoms with Crippen molar-refractivity contribution in [3.8, 4) is 0 Å². The zero-order valence-electron chi connectivity index (χ0n) is 21.2. The number of hydrogen-bond acceptors (Lipinski definition) is 17. The van der Waals surface area contributed by atoms with Crippen molar-refractivity contribution in [3.63, 3.8) is 0 Å². The summed E-state index contributed by atoms with van der Waals surface area (Å²) in [6.45, 7) is -1.45. The van der Waals surface area contributed by atoms with Crippen molar-refractivity contribution in [2.45, 2.75) is 49.1 Å². The van der Waals surface area contributed by atoms with Crippen LogP contribution in [-0.4, -0.2) is 115 Å². The molecule has 0 spiro atoms. The van der Waals surface area contributed by atoms with Crippen LogP contribution in [0.1, 0.15) is 12.5 Å². The highest BCUT2D eigenvalue weighted by Crippen LogP contribution is 2.50. The molecule has 42 heavy (non-hydrogen) atoms. The van der Waals surface area contributed by atoms with E-state index in [1.54, 1.807) is 0 Å². The Labute approximate surface area is 232 Å². The van der Waals surface area contributed by atoms with Crippen LogP contribution in [0.5, 0.6) is 0 Å². The molecule has 0 bridgehead atoms. The van der Waals surface area contributed by atoms with Crippen LogP contribution in [0.3, 0.4) is 0 Å². The number of nitrogens with two attached hydrogens (primary N) is 2. The minimum atomic E-state index is -5.06. The largest absolute Gasteiger partial charge is 0.472 e. The summed E-state index contributed by atoms with van der Waals surface area (Å²) in [6, 6.07) is 1.52. The lowest BCUT2D eigenvalue weighted by atomic mass is 10.1. The molecule has 0 aliphatic carbocycles. The maximum atomic E-state index is 13.0. The number of anilines is 2. The quantitative estimate of drug-likeness (QED) is 0.0894. The molecule has 0 amide bonds. The molecule has 1 unspecified atom stereocenters. The highest BCUT2D eigenvalue weighted by atomic mass is 31.2. The van der Waals surface area contributed by atoms with E-state index in [2.05, 4.69) is 30.2 Å². The third-order valence-corrected chi connectivity index (χ3v) is 7.86. The number of aliphatic hydroxyl groups is 4. The summed E-state index contributed by atoms with van der Waals surface area (Å²) in [4.78, 5) is 36.8. The van der Waals surface area contributed by atoms with Crippen molar-refractivity contribution >= 4 is 41.8 Å². The molecule has 2 aliphatic rings. The zero-order valence-corrected chi connectivity index (χ0v) is 22.1. The first-order valence-corrected chi connectivity index (χ1v) is 13.8. The van der Waals surface area contributed by atoms with Crippen LogP contribution in [0.4, 0.5) is 11.8 Å². The normalized spacial score (nSPS) is 31.3. The molecule has 6 rings (SSSR count). The third kappa shape index (κ3) is 4.80. The second-order valence-electron chi connectivity index (χ2n) is 9.49. The van der Waals surface area contributed by atoms with Gasteiger partial charge in [-0.2, -0.15) is 4.98 Å². The Morgan fingerprint density at radius 2 is 1.83 bits per heavy atom. The maximum Gasteiger partial charge on any atom is 0.472 e. The van der Waals surface area contributed by atoms with Gasteiger partial charge < -0.3 is 46.3 Å². The average molecular weight is 612 g/mol. The number of hydrogen-bond donors (Lipinski definition) is 8. The zero-order chi connectivity index (χ0) is 29.9. The fourth-order valence-electron chi connectivity index (χ4n) is 4.83. The van der Waals surface area contributed by atoms with E-state index >= 15 is 0 Å². The predicted octanol–water partition coefficient (Wildman–Crippen LogP) is -3.50. The molecule has 2 saturated heterocycles. The van der Waals surface area contributed by atoms with Gasteiger partial charge in [-0.15, -0.1) is 5.10 Å². The molecule has 2 aliphatic heterocycles. The van der Waals surface area contributed by atoms with Gasteiger partial charge in [-0.25, -0.2) is 19.2 Å². The number of aromatic amines is 1. The van der Waals surface area contributed by atoms with Crippen LogP contribution in [0, 0.1) is 0 Å². The van der Waals surface area contributed by atoms with Crippen LogP contribution >= 0.6 is 7.82 Å². The minimum absolute atomic E-state index is 0.0830. The number of aromatic nitrogens is 8. The summed E-state index contributed by atoms with van der Waals surface area (Å²) in [5, 5.41) is 49.3. The van der Waals surface area contributed by atoms with Crippen LogP contribution in [-0.2, 0) is 23.1 Å². The molecule has 0 aromatic carbocycles. The number of rotatable bonds is 8. The Morgan fingerprint density at radius 3 is 2.60 bits per heavy atom. The van der Waals surface area contributed by atoms with E-state index in [0.29, 0.717) is 5.52 Å². The lowest BCUT2D eigenvalue weighted by molar-refractivity contribution is -0.0648. The molecule has 9 atom stereocenters. The molecular formula is C20H25N10O11P. The van der Waals surface area contributed by atoms with E-state index in [9.17, 15) is 34.7 Å². The van der Waals surface area contributed by atoms with E-state index in [1.165, 1.54) is 16.9 Å². The third-order valence-electron chi connectivity index (χ3n) is 6.87. The fraction of sp³-hybridized carbons (Fsp3) is 0.500. The fourth-order valence-corrected chi connectivity index (χ4v) is 5.77. The number of phosphoric acid groups is 1. The summed E-state index contributed by atoms with van der Waals surface area (Å²) in [7, 11) is -5.06. The number of nitrogens with zero attached hydrogens (tertiary/aromatic N) is 7. The monoisotopic (exact) mass is 612 g/mol. The topological polar surface area (TPSA) is 314 Å². The van der Waals surface area contributed by atoms with Gasteiger partial charge in [0, 0.05) is 6.20 Å². The number of aliphatic hydroxyl groups excluding tert-OH is 4. The Morgan fingerprint density at radius 1 is 1.07 bits per heavy atom. The van der Waals surface area contributed by atoms with E-state index in [0.717, 1.165) is 10.9 Å². The van der Waals surface area contributed by atoms with Gasteiger partial charge in [0.05, 0.1) is 25.1 Å². The van der Waals surface area contributed by atoms with E-state index in [-0.39, 0.29) is 28.4 Å². The summed E-state index contributed by atoms with van der Waals surface area (Å²) in [5.41, 5.74) is 11.1. The number of imidazole rings is 1. The van der Waals surface area contributed by atoms with Gasteiger partial charge in [-0.3, -0.25) is 23.4 Å². The molecule has 0 radical (unpaired) electrons. The standard InChI is InChI=1S/C20H25N10O11P/c21-15-9-6(1-2-23-15)30(28-27-9)18-13(34)11(32)8(40-18)4-38-42(36,37)41-14-12(33)7(3-31)39-19(14)29-5-24-10-16(29)25-20(22)26-17(10)35/h1-2,5,7-8,11-14,18-19,31-34H,3-4H2,(H2,21,23)(H,36,37)(H3,22,25,26,35)/t7-,8-,11-,12-,13-,14-,18-,19-/m1/s1. The predicted molar refractivity (Wildman–Crippen MR) is 136 cm³/mol. The molecule has 226 valence electrons. The van der Waals surface area contributed by atoms with Crippen molar-refractivity contribution in [1.29, 1.82) is 0 Å².